The van der Waals surface area contributed by atoms with Crippen LogP contribution in [0.15, 0.2) is 35.1 Å². The van der Waals surface area contributed by atoms with Gasteiger partial charge >= 0.3 is 6.18 Å². The number of aromatic nitrogens is 2. The fourth-order valence-electron chi connectivity index (χ4n) is 2.95. The molecule has 1 aliphatic carbocycles. The molecule has 3 rings (SSSR count). The standard InChI is InChI=1S/C18H19F3N4O2/c1-10-8-15(26)16(17(27)23-13(9-22)11-6-7-11)24-25(10)14-5-3-2-4-12(14)18(19,20)21/h2-5,8,11,13H,6-7,9,22H2,1H3,(H,23,27). The average Bonchev–Trinajstić information content (AvgIpc) is 3.44. The molecular weight excluding hydrogens is 361 g/mol. The molecule has 3 N–H and O–H groups in total. The summed E-state index contributed by atoms with van der Waals surface area (Å²) < 4.78 is 40.9. The molecule has 1 aromatic heterocycles. The van der Waals surface area contributed by atoms with E-state index in [-0.39, 0.29) is 29.9 Å². The number of amides is 1. The third kappa shape index (κ3) is 4.02. The van der Waals surface area contributed by atoms with Crippen molar-refractivity contribution in [3.63, 3.8) is 0 Å². The fourth-order valence-corrected chi connectivity index (χ4v) is 2.95. The Bertz CT molecular complexity index is 920. The third-order valence-electron chi connectivity index (χ3n) is 4.52. The quantitative estimate of drug-likeness (QED) is 0.831. The van der Waals surface area contributed by atoms with Crippen LogP contribution in [0.1, 0.15) is 34.6 Å². The zero-order valence-electron chi connectivity index (χ0n) is 14.6. The van der Waals surface area contributed by atoms with E-state index in [0.29, 0.717) is 0 Å². The van der Waals surface area contributed by atoms with Gasteiger partial charge in [0.15, 0.2) is 5.69 Å². The second-order valence-corrected chi connectivity index (χ2v) is 6.58. The number of hydrogen-bond donors (Lipinski definition) is 2. The molecule has 0 bridgehead atoms. The van der Waals surface area contributed by atoms with Crippen molar-refractivity contribution in [2.75, 3.05) is 6.54 Å². The summed E-state index contributed by atoms with van der Waals surface area (Å²) in [5.41, 5.74) is 3.55. The van der Waals surface area contributed by atoms with Crippen molar-refractivity contribution < 1.29 is 18.0 Å². The Morgan fingerprint density at radius 2 is 2.04 bits per heavy atom. The molecule has 1 aliphatic rings. The molecule has 1 saturated carbocycles. The molecule has 1 amide bonds. The SMILES string of the molecule is Cc1cc(=O)c(C(=O)NC(CN)C2CC2)nn1-c1ccccc1C(F)(F)F. The Hall–Kier alpha value is -2.68. The molecule has 0 aliphatic heterocycles. The Morgan fingerprint density at radius 3 is 2.63 bits per heavy atom. The highest BCUT2D eigenvalue weighted by atomic mass is 19.4. The first kappa shape index (κ1) is 19.1. The summed E-state index contributed by atoms with van der Waals surface area (Å²) in [7, 11) is 0. The lowest BCUT2D eigenvalue weighted by Crippen LogP contribution is -2.44. The number of aryl methyl sites for hydroxylation is 1. The van der Waals surface area contributed by atoms with Crippen LogP contribution in [0.3, 0.4) is 0 Å². The number of para-hydroxylation sites is 1. The van der Waals surface area contributed by atoms with Gasteiger partial charge in [-0.15, -0.1) is 0 Å². The van der Waals surface area contributed by atoms with Gasteiger partial charge in [0.1, 0.15) is 0 Å². The topological polar surface area (TPSA) is 90.0 Å². The van der Waals surface area contributed by atoms with E-state index in [4.69, 9.17) is 5.73 Å². The maximum absolute atomic E-state index is 13.3. The van der Waals surface area contributed by atoms with Crippen molar-refractivity contribution >= 4 is 5.91 Å². The van der Waals surface area contributed by atoms with Gasteiger partial charge in [-0.2, -0.15) is 18.3 Å². The van der Waals surface area contributed by atoms with E-state index in [1.54, 1.807) is 0 Å². The summed E-state index contributed by atoms with van der Waals surface area (Å²) in [4.78, 5) is 24.7. The van der Waals surface area contributed by atoms with E-state index in [1.807, 2.05) is 0 Å². The molecule has 6 nitrogen and oxygen atoms in total. The molecule has 1 unspecified atom stereocenters. The minimum absolute atomic E-state index is 0.186. The van der Waals surface area contributed by atoms with Gasteiger partial charge < -0.3 is 11.1 Å². The predicted molar refractivity (Wildman–Crippen MR) is 92.6 cm³/mol. The van der Waals surface area contributed by atoms with Crippen LogP contribution in [-0.4, -0.2) is 28.3 Å². The number of carbonyl (C=O) groups excluding carboxylic acids is 1. The minimum Gasteiger partial charge on any atom is -0.346 e. The largest absolute Gasteiger partial charge is 0.418 e. The van der Waals surface area contributed by atoms with Crippen molar-refractivity contribution in [2.24, 2.45) is 11.7 Å². The van der Waals surface area contributed by atoms with Crippen LogP contribution >= 0.6 is 0 Å². The lowest BCUT2D eigenvalue weighted by atomic mass is 10.1. The molecule has 1 atom stereocenters. The summed E-state index contributed by atoms with van der Waals surface area (Å²) in [6.45, 7) is 1.67. The summed E-state index contributed by atoms with van der Waals surface area (Å²) in [6.07, 6.45) is -2.73. The number of rotatable bonds is 5. The molecular formula is C18H19F3N4O2. The zero-order chi connectivity index (χ0) is 19.8. The summed E-state index contributed by atoms with van der Waals surface area (Å²) >= 11 is 0. The highest BCUT2D eigenvalue weighted by Crippen LogP contribution is 2.34. The normalized spacial score (nSPS) is 15.4. The van der Waals surface area contributed by atoms with Crippen molar-refractivity contribution in [3.05, 3.63) is 57.5 Å². The number of halogens is 3. The number of nitrogens with two attached hydrogens (primary N) is 1. The van der Waals surface area contributed by atoms with Crippen molar-refractivity contribution in [1.29, 1.82) is 0 Å². The van der Waals surface area contributed by atoms with E-state index in [2.05, 4.69) is 10.4 Å². The van der Waals surface area contributed by atoms with E-state index < -0.39 is 28.8 Å². The number of carbonyl (C=O) groups is 1. The van der Waals surface area contributed by atoms with Crippen molar-refractivity contribution in [1.82, 2.24) is 15.1 Å². The Kier molecular flexibility index (Phi) is 5.05. The van der Waals surface area contributed by atoms with Gasteiger partial charge in [0.25, 0.3) is 5.91 Å². The zero-order valence-corrected chi connectivity index (χ0v) is 14.6. The van der Waals surface area contributed by atoms with E-state index in [1.165, 1.54) is 25.1 Å². The lowest BCUT2D eigenvalue weighted by Gasteiger charge is -2.18. The molecule has 0 saturated heterocycles. The predicted octanol–water partition coefficient (Wildman–Crippen LogP) is 2.03. The van der Waals surface area contributed by atoms with Crippen LogP contribution in [0.4, 0.5) is 13.2 Å². The number of hydrogen-bond acceptors (Lipinski definition) is 4. The number of benzene rings is 1. The van der Waals surface area contributed by atoms with Gasteiger partial charge in [-0.05, 0) is 37.8 Å². The highest BCUT2D eigenvalue weighted by Gasteiger charge is 2.35. The molecule has 144 valence electrons. The highest BCUT2D eigenvalue weighted by molar-refractivity contribution is 5.92. The Balaban J connectivity index is 2.03. The van der Waals surface area contributed by atoms with E-state index in [0.717, 1.165) is 29.7 Å². The lowest BCUT2D eigenvalue weighted by molar-refractivity contribution is -0.137. The minimum atomic E-state index is -4.60. The van der Waals surface area contributed by atoms with Gasteiger partial charge in [-0.3, -0.25) is 9.59 Å². The molecule has 0 spiro atoms. The number of nitrogens with one attached hydrogen (secondary N) is 1. The summed E-state index contributed by atoms with van der Waals surface area (Å²) in [5, 5.41) is 6.60. The second kappa shape index (κ2) is 7.15. The van der Waals surface area contributed by atoms with Crippen LogP contribution in [0.2, 0.25) is 0 Å². The maximum Gasteiger partial charge on any atom is 0.418 e. The van der Waals surface area contributed by atoms with Gasteiger partial charge in [-0.25, -0.2) is 4.68 Å². The Morgan fingerprint density at radius 1 is 1.37 bits per heavy atom. The smallest absolute Gasteiger partial charge is 0.346 e. The number of alkyl halides is 3. The van der Waals surface area contributed by atoms with Crippen LogP contribution in [0.25, 0.3) is 5.69 Å². The summed E-state index contributed by atoms with van der Waals surface area (Å²) in [5.74, 6) is -0.474. The van der Waals surface area contributed by atoms with Crippen LogP contribution in [-0.2, 0) is 6.18 Å². The maximum atomic E-state index is 13.3. The average molecular weight is 380 g/mol. The van der Waals surface area contributed by atoms with Gasteiger partial charge in [-0.1, -0.05) is 12.1 Å². The molecule has 27 heavy (non-hydrogen) atoms. The van der Waals surface area contributed by atoms with Crippen molar-refractivity contribution in [3.8, 4) is 5.69 Å². The first-order valence-electron chi connectivity index (χ1n) is 8.51. The van der Waals surface area contributed by atoms with Crippen LogP contribution < -0.4 is 16.5 Å². The summed E-state index contributed by atoms with van der Waals surface area (Å²) in [6, 6.07) is 5.67. The van der Waals surface area contributed by atoms with Crippen LogP contribution in [0, 0.1) is 12.8 Å². The fraction of sp³-hybridized carbons (Fsp3) is 0.389. The Labute approximate surface area is 153 Å². The van der Waals surface area contributed by atoms with Gasteiger partial charge in [0.2, 0.25) is 5.43 Å². The molecule has 1 heterocycles. The van der Waals surface area contributed by atoms with Crippen molar-refractivity contribution in [2.45, 2.75) is 32.0 Å². The molecule has 0 radical (unpaired) electrons. The monoisotopic (exact) mass is 380 g/mol. The first-order chi connectivity index (χ1) is 12.7. The van der Waals surface area contributed by atoms with Gasteiger partial charge in [0, 0.05) is 24.3 Å². The molecule has 9 heteroatoms. The molecule has 1 aromatic carbocycles. The first-order valence-corrected chi connectivity index (χ1v) is 8.51. The van der Waals surface area contributed by atoms with E-state index in [9.17, 15) is 22.8 Å². The van der Waals surface area contributed by atoms with E-state index >= 15 is 0 Å². The second-order valence-electron chi connectivity index (χ2n) is 6.58. The van der Waals surface area contributed by atoms with Gasteiger partial charge in [0.05, 0.1) is 11.3 Å². The molecule has 1 fully saturated rings. The molecule has 2 aromatic rings. The number of nitrogens with zero attached hydrogens (tertiary/aromatic N) is 2. The third-order valence-corrected chi connectivity index (χ3v) is 4.52. The van der Waals surface area contributed by atoms with Crippen LogP contribution in [0.5, 0.6) is 0 Å².